The molecule has 0 aromatic heterocycles. The summed E-state index contributed by atoms with van der Waals surface area (Å²) in [6, 6.07) is 18.6. The van der Waals surface area contributed by atoms with Crippen LogP contribution in [0.2, 0.25) is 0 Å². The van der Waals surface area contributed by atoms with Gasteiger partial charge in [-0.15, -0.1) is 0 Å². The lowest BCUT2D eigenvalue weighted by Gasteiger charge is -2.25. The largest absolute Gasteiger partial charge is 0.384 e. The van der Waals surface area contributed by atoms with Crippen molar-refractivity contribution in [2.24, 2.45) is 5.16 Å². The van der Waals surface area contributed by atoms with Crippen molar-refractivity contribution in [2.75, 3.05) is 0 Å². The Balaban J connectivity index is 1.88. The average molecular weight is 330 g/mol. The summed E-state index contributed by atoms with van der Waals surface area (Å²) < 4.78 is 1.07. The second-order valence-corrected chi connectivity index (χ2v) is 5.94. The predicted molar refractivity (Wildman–Crippen MR) is 84.8 cm³/mol. The third kappa shape index (κ3) is 2.38. The molecule has 0 bridgehead atoms. The molecule has 1 atom stereocenters. The van der Waals surface area contributed by atoms with Crippen molar-refractivity contribution in [3.63, 3.8) is 0 Å². The lowest BCUT2D eigenvalue weighted by atomic mass is 9.85. The summed E-state index contributed by atoms with van der Waals surface area (Å²) in [7, 11) is 0. The fourth-order valence-electron chi connectivity index (χ4n) is 2.56. The van der Waals surface area contributed by atoms with Gasteiger partial charge in [-0.3, -0.25) is 0 Å². The molecule has 0 saturated heterocycles. The van der Waals surface area contributed by atoms with Crippen molar-refractivity contribution in [1.82, 2.24) is 0 Å². The van der Waals surface area contributed by atoms with Gasteiger partial charge in [0.1, 0.15) is 0 Å². The van der Waals surface area contributed by atoms with E-state index >= 15 is 0 Å². The van der Waals surface area contributed by atoms with E-state index in [0.29, 0.717) is 0 Å². The molecule has 1 heterocycles. The van der Waals surface area contributed by atoms with Crippen LogP contribution < -0.4 is 0 Å². The second-order valence-electron chi connectivity index (χ2n) is 5.03. The molecule has 0 unspecified atom stereocenters. The van der Waals surface area contributed by atoms with Gasteiger partial charge in [0.05, 0.1) is 5.71 Å². The van der Waals surface area contributed by atoms with E-state index in [9.17, 15) is 0 Å². The summed E-state index contributed by atoms with van der Waals surface area (Å²) >= 11 is 3.46. The molecule has 1 aliphatic heterocycles. The summed E-state index contributed by atoms with van der Waals surface area (Å²) in [5, 5.41) is 4.34. The van der Waals surface area contributed by atoms with E-state index in [1.54, 1.807) is 0 Å². The molecule has 3 heteroatoms. The highest BCUT2D eigenvalue weighted by Gasteiger charge is 2.39. The maximum absolute atomic E-state index is 5.85. The van der Waals surface area contributed by atoms with Gasteiger partial charge in [-0.2, -0.15) is 0 Å². The van der Waals surface area contributed by atoms with Crippen LogP contribution in [0.15, 0.2) is 64.2 Å². The van der Waals surface area contributed by atoms with E-state index in [0.717, 1.165) is 28.6 Å². The first kappa shape index (κ1) is 13.4. The molecule has 0 N–H and O–H groups in total. The zero-order valence-corrected chi connectivity index (χ0v) is 12.9. The van der Waals surface area contributed by atoms with Crippen LogP contribution in [0.3, 0.4) is 0 Å². The maximum Gasteiger partial charge on any atom is 0.168 e. The van der Waals surface area contributed by atoms with Crippen molar-refractivity contribution in [3.05, 3.63) is 70.2 Å². The fourth-order valence-corrected chi connectivity index (χ4v) is 2.83. The number of rotatable bonds is 3. The fraction of sp³-hybridized carbons (Fsp3) is 0.235. The molecule has 102 valence electrons. The Labute approximate surface area is 127 Å². The SMILES string of the molecule is CC[C@@]1(c2ccccc2)CC(c2ccc(Br)cc2)=NO1. The zero-order chi connectivity index (χ0) is 14.0. The topological polar surface area (TPSA) is 21.6 Å². The Hall–Kier alpha value is -1.61. The molecule has 2 aromatic rings. The maximum atomic E-state index is 5.85. The van der Waals surface area contributed by atoms with E-state index in [2.05, 4.69) is 52.3 Å². The van der Waals surface area contributed by atoms with E-state index in [1.165, 1.54) is 5.56 Å². The predicted octanol–water partition coefficient (Wildman–Crippen LogP) is 4.88. The molecular weight excluding hydrogens is 314 g/mol. The Morgan fingerprint density at radius 1 is 1.10 bits per heavy atom. The molecule has 2 aromatic carbocycles. The molecule has 1 aliphatic rings. The molecule has 0 saturated carbocycles. The molecule has 0 radical (unpaired) electrons. The van der Waals surface area contributed by atoms with E-state index < -0.39 is 0 Å². The molecule has 0 spiro atoms. The van der Waals surface area contributed by atoms with Gasteiger partial charge in [0, 0.05) is 10.9 Å². The van der Waals surface area contributed by atoms with E-state index in [1.807, 2.05) is 30.3 Å². The van der Waals surface area contributed by atoms with Crippen LogP contribution in [0.4, 0.5) is 0 Å². The summed E-state index contributed by atoms with van der Waals surface area (Å²) in [6.45, 7) is 2.15. The second kappa shape index (κ2) is 5.41. The van der Waals surface area contributed by atoms with E-state index in [-0.39, 0.29) is 5.60 Å². The Kier molecular flexibility index (Phi) is 3.62. The Bertz CT molecular complexity index is 621. The van der Waals surface area contributed by atoms with Gasteiger partial charge >= 0.3 is 0 Å². The van der Waals surface area contributed by atoms with Crippen LogP contribution >= 0.6 is 15.9 Å². The molecule has 2 nitrogen and oxygen atoms in total. The van der Waals surface area contributed by atoms with Gasteiger partial charge in [0.25, 0.3) is 0 Å². The van der Waals surface area contributed by atoms with Crippen LogP contribution in [0, 0.1) is 0 Å². The summed E-state index contributed by atoms with van der Waals surface area (Å²) in [6.07, 6.45) is 1.72. The number of benzene rings is 2. The number of oxime groups is 1. The highest BCUT2D eigenvalue weighted by Crippen LogP contribution is 2.39. The summed E-state index contributed by atoms with van der Waals surface area (Å²) in [5.41, 5.74) is 3.02. The minimum atomic E-state index is -0.316. The number of hydrogen-bond donors (Lipinski definition) is 0. The highest BCUT2D eigenvalue weighted by atomic mass is 79.9. The Morgan fingerprint density at radius 3 is 2.45 bits per heavy atom. The van der Waals surface area contributed by atoms with Crippen molar-refractivity contribution in [1.29, 1.82) is 0 Å². The molecule has 0 fully saturated rings. The minimum Gasteiger partial charge on any atom is -0.384 e. The monoisotopic (exact) mass is 329 g/mol. The summed E-state index contributed by atoms with van der Waals surface area (Å²) in [4.78, 5) is 5.85. The smallest absolute Gasteiger partial charge is 0.168 e. The molecule has 3 rings (SSSR count). The van der Waals surface area contributed by atoms with Crippen molar-refractivity contribution < 1.29 is 4.84 Å². The van der Waals surface area contributed by atoms with Crippen LogP contribution in [-0.2, 0) is 10.4 Å². The van der Waals surface area contributed by atoms with Crippen LogP contribution in [-0.4, -0.2) is 5.71 Å². The van der Waals surface area contributed by atoms with Gasteiger partial charge in [-0.05, 0) is 29.7 Å². The van der Waals surface area contributed by atoms with Gasteiger partial charge < -0.3 is 4.84 Å². The Morgan fingerprint density at radius 2 is 1.80 bits per heavy atom. The lowest BCUT2D eigenvalue weighted by Crippen LogP contribution is -2.25. The average Bonchev–Trinajstić information content (AvgIpc) is 2.95. The third-order valence-electron chi connectivity index (χ3n) is 3.83. The zero-order valence-electron chi connectivity index (χ0n) is 11.3. The normalized spacial score (nSPS) is 21.4. The molecule has 0 aliphatic carbocycles. The van der Waals surface area contributed by atoms with Crippen molar-refractivity contribution >= 4 is 21.6 Å². The first-order chi connectivity index (χ1) is 9.73. The van der Waals surface area contributed by atoms with Crippen LogP contribution in [0.25, 0.3) is 0 Å². The molecule has 20 heavy (non-hydrogen) atoms. The quantitative estimate of drug-likeness (QED) is 0.786. The first-order valence-electron chi connectivity index (χ1n) is 6.80. The third-order valence-corrected chi connectivity index (χ3v) is 4.36. The number of hydrogen-bond acceptors (Lipinski definition) is 2. The van der Waals surface area contributed by atoms with Gasteiger partial charge in [0.15, 0.2) is 5.60 Å². The first-order valence-corrected chi connectivity index (χ1v) is 7.59. The molecular formula is C17H16BrNO. The van der Waals surface area contributed by atoms with Crippen molar-refractivity contribution in [2.45, 2.75) is 25.4 Å². The number of halogens is 1. The van der Waals surface area contributed by atoms with E-state index in [4.69, 9.17) is 4.84 Å². The highest BCUT2D eigenvalue weighted by molar-refractivity contribution is 9.10. The van der Waals surface area contributed by atoms with Gasteiger partial charge in [-0.1, -0.05) is 70.5 Å². The number of nitrogens with zero attached hydrogens (tertiary/aromatic N) is 1. The standard InChI is InChI=1S/C17H16BrNO/c1-2-17(14-6-4-3-5-7-14)12-16(19-20-17)13-8-10-15(18)11-9-13/h3-11H,2,12H2,1H3/t17-/m0/s1. The summed E-state index contributed by atoms with van der Waals surface area (Å²) in [5.74, 6) is 0. The van der Waals surface area contributed by atoms with Crippen molar-refractivity contribution in [3.8, 4) is 0 Å². The van der Waals surface area contributed by atoms with Gasteiger partial charge in [0.2, 0.25) is 0 Å². The van der Waals surface area contributed by atoms with Gasteiger partial charge in [-0.25, -0.2) is 0 Å². The van der Waals surface area contributed by atoms with Crippen LogP contribution in [0.5, 0.6) is 0 Å². The minimum absolute atomic E-state index is 0.316. The van der Waals surface area contributed by atoms with Crippen LogP contribution in [0.1, 0.15) is 30.9 Å². The lowest BCUT2D eigenvalue weighted by molar-refractivity contribution is -0.0263. The molecule has 0 amide bonds.